The zero-order chi connectivity index (χ0) is 5.82. The number of carbonyl (C=O) groups is 1. The lowest BCUT2D eigenvalue weighted by Gasteiger charge is -1.81. The normalized spacial score (nSPS) is 8.50. The summed E-state index contributed by atoms with van der Waals surface area (Å²) in [6.45, 7) is 0.256. The average molecular weight is 113 g/mol. The molecule has 1 aromatic heterocycles. The third-order valence-electron chi connectivity index (χ3n) is 0.559. The van der Waals surface area contributed by atoms with Crippen molar-refractivity contribution in [2.45, 2.75) is 0 Å². The van der Waals surface area contributed by atoms with Crippen LogP contribution < -0.4 is 4.74 Å². The third kappa shape index (κ3) is 0.841. The van der Waals surface area contributed by atoms with Crippen molar-refractivity contribution < 1.29 is 13.9 Å². The van der Waals surface area contributed by atoms with Crippen molar-refractivity contribution in [2.75, 3.05) is 0 Å². The second-order valence-corrected chi connectivity index (χ2v) is 1.01. The molecule has 1 aromatic rings. The number of hydrogen-bond acceptors (Lipinski definition) is 4. The smallest absolute Gasteiger partial charge is 0.401 e. The van der Waals surface area contributed by atoms with Gasteiger partial charge >= 0.3 is 12.5 Å². The highest BCUT2D eigenvalue weighted by atomic mass is 16.6. The topological polar surface area (TPSA) is 52.3 Å². The van der Waals surface area contributed by atoms with E-state index in [1.807, 2.05) is 0 Å². The molecule has 1 heterocycles. The van der Waals surface area contributed by atoms with Crippen molar-refractivity contribution in [3.8, 4) is 6.08 Å². The summed E-state index contributed by atoms with van der Waals surface area (Å²) in [5.41, 5.74) is 0. The average Bonchev–Trinajstić information content (AvgIpc) is 2.19. The lowest BCUT2D eigenvalue weighted by Crippen LogP contribution is -1.86. The minimum absolute atomic E-state index is 0.0278. The summed E-state index contributed by atoms with van der Waals surface area (Å²) in [7, 11) is 0. The van der Waals surface area contributed by atoms with Gasteiger partial charge in [0.25, 0.3) is 0 Å². The zero-order valence-electron chi connectivity index (χ0n) is 3.90. The minimum atomic E-state index is -0.0278. The first-order valence-electron chi connectivity index (χ1n) is 1.93. The van der Waals surface area contributed by atoms with E-state index in [1.54, 1.807) is 0 Å². The molecular weight excluding hydrogens is 110 g/mol. The molecule has 0 aromatic carbocycles. The second-order valence-electron chi connectivity index (χ2n) is 1.01. The molecule has 0 fully saturated rings. The molecule has 0 saturated heterocycles. The van der Waals surface area contributed by atoms with Crippen LogP contribution in [0.2, 0.25) is 0 Å². The van der Waals surface area contributed by atoms with Crippen molar-refractivity contribution in [3.05, 3.63) is 12.5 Å². The minimum Gasteiger partial charge on any atom is -0.417 e. The molecule has 0 N–H and O–H groups in total. The van der Waals surface area contributed by atoms with E-state index in [4.69, 9.17) is 0 Å². The first kappa shape index (κ1) is 4.83. The summed E-state index contributed by atoms with van der Waals surface area (Å²) in [5.74, 6) is 0. The maximum absolute atomic E-state index is 9.55. The van der Waals surface area contributed by atoms with Crippen molar-refractivity contribution in [1.82, 2.24) is 4.98 Å². The lowest BCUT2D eigenvalue weighted by molar-refractivity contribution is -0.122. The third-order valence-corrected chi connectivity index (χ3v) is 0.559. The molecule has 0 bridgehead atoms. The van der Waals surface area contributed by atoms with E-state index in [0.717, 1.165) is 0 Å². The van der Waals surface area contributed by atoms with Crippen LogP contribution in [0.1, 0.15) is 0 Å². The summed E-state index contributed by atoms with van der Waals surface area (Å²) < 4.78 is 8.70. The second kappa shape index (κ2) is 2.11. The van der Waals surface area contributed by atoms with Gasteiger partial charge in [0.05, 0.1) is 6.20 Å². The Balaban J connectivity index is 2.62. The van der Waals surface area contributed by atoms with E-state index in [9.17, 15) is 4.79 Å². The van der Waals surface area contributed by atoms with Crippen molar-refractivity contribution in [2.24, 2.45) is 0 Å². The number of aromatic nitrogens is 1. The molecule has 0 spiro atoms. The van der Waals surface area contributed by atoms with E-state index in [1.165, 1.54) is 12.5 Å². The standard InChI is InChI=1S/C4H3NO3/c6-3-8-4-5-1-2-7-4/h1-3H. The van der Waals surface area contributed by atoms with Crippen LogP contribution >= 0.6 is 0 Å². The van der Waals surface area contributed by atoms with Gasteiger partial charge in [0, 0.05) is 0 Å². The van der Waals surface area contributed by atoms with Crippen molar-refractivity contribution in [1.29, 1.82) is 0 Å². The summed E-state index contributed by atoms with van der Waals surface area (Å²) in [5, 5.41) is 0. The number of carbonyl (C=O) groups excluding carboxylic acids is 1. The largest absolute Gasteiger partial charge is 0.417 e. The fourth-order valence-corrected chi connectivity index (χ4v) is 0.310. The number of ether oxygens (including phenoxy) is 1. The van der Waals surface area contributed by atoms with Gasteiger partial charge in [-0.2, -0.15) is 4.98 Å². The fourth-order valence-electron chi connectivity index (χ4n) is 0.310. The van der Waals surface area contributed by atoms with Crippen LogP contribution in [-0.2, 0) is 4.79 Å². The number of oxazole rings is 1. The quantitative estimate of drug-likeness (QED) is 0.514. The predicted molar refractivity (Wildman–Crippen MR) is 23.2 cm³/mol. The van der Waals surface area contributed by atoms with Crippen LogP contribution in [0.3, 0.4) is 0 Å². The van der Waals surface area contributed by atoms with Gasteiger partial charge < -0.3 is 9.15 Å². The summed E-state index contributed by atoms with van der Waals surface area (Å²) in [6.07, 6.45) is 2.68. The molecule has 4 heteroatoms. The van der Waals surface area contributed by atoms with Gasteiger partial charge in [-0.05, 0) is 0 Å². The van der Waals surface area contributed by atoms with Crippen LogP contribution in [0.15, 0.2) is 16.9 Å². The van der Waals surface area contributed by atoms with E-state index in [-0.39, 0.29) is 12.5 Å². The van der Waals surface area contributed by atoms with E-state index in [2.05, 4.69) is 14.1 Å². The molecule has 0 radical (unpaired) electrons. The number of hydrogen-bond donors (Lipinski definition) is 0. The summed E-state index contributed by atoms with van der Waals surface area (Å²) >= 11 is 0. The predicted octanol–water partition coefficient (Wildman–Crippen LogP) is 0.210. The highest BCUT2D eigenvalue weighted by Gasteiger charge is 1.91. The van der Waals surface area contributed by atoms with E-state index >= 15 is 0 Å². The molecule has 0 amide bonds. The van der Waals surface area contributed by atoms with Gasteiger partial charge in [-0.3, -0.25) is 4.79 Å². The van der Waals surface area contributed by atoms with Gasteiger partial charge in [-0.15, -0.1) is 0 Å². The summed E-state index contributed by atoms with van der Waals surface area (Å²) in [6, 6.07) is 0. The van der Waals surface area contributed by atoms with Gasteiger partial charge in [-0.25, -0.2) is 0 Å². The Hall–Kier alpha value is -1.32. The molecule has 0 aliphatic heterocycles. The lowest BCUT2D eigenvalue weighted by atomic mass is 11.0. The van der Waals surface area contributed by atoms with Gasteiger partial charge in [-0.1, -0.05) is 0 Å². The molecule has 1 rings (SSSR count). The van der Waals surface area contributed by atoms with Crippen LogP contribution in [-0.4, -0.2) is 11.5 Å². The Labute approximate surface area is 45.1 Å². The molecule has 0 aliphatic rings. The Morgan fingerprint density at radius 3 is 3.25 bits per heavy atom. The van der Waals surface area contributed by atoms with Crippen LogP contribution in [0.25, 0.3) is 0 Å². The van der Waals surface area contributed by atoms with Crippen LogP contribution in [0.5, 0.6) is 6.08 Å². The zero-order valence-corrected chi connectivity index (χ0v) is 3.90. The monoisotopic (exact) mass is 113 g/mol. The van der Waals surface area contributed by atoms with E-state index < -0.39 is 0 Å². The molecule has 0 unspecified atom stereocenters. The molecule has 8 heavy (non-hydrogen) atoms. The van der Waals surface area contributed by atoms with Crippen LogP contribution in [0.4, 0.5) is 0 Å². The maximum atomic E-state index is 9.55. The van der Waals surface area contributed by atoms with Gasteiger partial charge in [0.1, 0.15) is 6.26 Å². The van der Waals surface area contributed by atoms with Crippen molar-refractivity contribution >= 4 is 6.47 Å². The Morgan fingerprint density at radius 2 is 2.75 bits per heavy atom. The Kier molecular flexibility index (Phi) is 1.27. The highest BCUT2D eigenvalue weighted by Crippen LogP contribution is 2.01. The van der Waals surface area contributed by atoms with Gasteiger partial charge in [0.2, 0.25) is 0 Å². The summed E-state index contributed by atoms with van der Waals surface area (Å²) in [4.78, 5) is 13.0. The molecule has 0 aliphatic carbocycles. The Morgan fingerprint density at radius 1 is 1.88 bits per heavy atom. The van der Waals surface area contributed by atoms with Crippen LogP contribution in [0, 0.1) is 0 Å². The molecular formula is C4H3NO3. The van der Waals surface area contributed by atoms with Gasteiger partial charge in [0.15, 0.2) is 0 Å². The Bertz CT molecular complexity index is 158. The first-order valence-corrected chi connectivity index (χ1v) is 1.93. The maximum Gasteiger partial charge on any atom is 0.401 e. The molecule has 0 atom stereocenters. The number of nitrogens with zero attached hydrogens (tertiary/aromatic N) is 1. The number of rotatable bonds is 2. The first-order chi connectivity index (χ1) is 3.93. The highest BCUT2D eigenvalue weighted by molar-refractivity contribution is 5.40. The van der Waals surface area contributed by atoms with Crippen molar-refractivity contribution in [3.63, 3.8) is 0 Å². The molecule has 42 valence electrons. The SMILES string of the molecule is O=COc1ncco1. The molecule has 0 saturated carbocycles. The fraction of sp³-hybridized carbons (Fsp3) is 0. The molecule has 4 nitrogen and oxygen atoms in total. The van der Waals surface area contributed by atoms with E-state index in [0.29, 0.717) is 0 Å².